The lowest BCUT2D eigenvalue weighted by molar-refractivity contribution is 0.120. The molecule has 1 rings (SSSR count). The Kier molecular flexibility index (Phi) is 5.09. The molecule has 0 aliphatic carbocycles. The van der Waals surface area contributed by atoms with Crippen molar-refractivity contribution in [3.8, 4) is 0 Å². The number of hydrogen-bond donors (Lipinski definition) is 1. The molecule has 1 N–H and O–H groups in total. The molecule has 1 aromatic rings. The van der Waals surface area contributed by atoms with Crippen LogP contribution in [-0.4, -0.2) is 29.7 Å². The van der Waals surface area contributed by atoms with Gasteiger partial charge in [-0.3, -0.25) is 4.90 Å². The van der Waals surface area contributed by atoms with Crippen LogP contribution in [0.2, 0.25) is 0 Å². The van der Waals surface area contributed by atoms with Gasteiger partial charge in [-0.1, -0.05) is 6.92 Å². The van der Waals surface area contributed by atoms with E-state index in [2.05, 4.69) is 32.3 Å². The number of nitrogens with zero attached hydrogens (tertiary/aromatic N) is 1. The lowest BCUT2D eigenvalue weighted by atomic mass is 10.2. The third-order valence-corrected chi connectivity index (χ3v) is 3.72. The van der Waals surface area contributed by atoms with Crippen molar-refractivity contribution in [3.05, 3.63) is 20.8 Å². The molecule has 4 heteroatoms. The van der Waals surface area contributed by atoms with E-state index in [1.165, 1.54) is 4.88 Å². The fourth-order valence-corrected chi connectivity index (χ4v) is 2.79. The van der Waals surface area contributed by atoms with Crippen molar-refractivity contribution in [2.75, 3.05) is 13.6 Å². The largest absolute Gasteiger partial charge is 0.392 e. The Bertz CT molecular complexity index is 277. The second-order valence-corrected chi connectivity index (χ2v) is 5.40. The van der Waals surface area contributed by atoms with Crippen molar-refractivity contribution in [2.24, 2.45) is 0 Å². The van der Waals surface area contributed by atoms with E-state index in [4.69, 9.17) is 0 Å². The van der Waals surface area contributed by atoms with E-state index < -0.39 is 0 Å². The molecule has 0 saturated carbocycles. The molecule has 0 bridgehead atoms. The maximum Gasteiger partial charge on any atom is 0.0664 e. The van der Waals surface area contributed by atoms with Crippen LogP contribution in [0, 0.1) is 0 Å². The molecule has 14 heavy (non-hydrogen) atoms. The van der Waals surface area contributed by atoms with Gasteiger partial charge in [0.1, 0.15) is 0 Å². The highest BCUT2D eigenvalue weighted by Gasteiger charge is 2.07. The smallest absolute Gasteiger partial charge is 0.0664 e. The molecular weight excluding hydrogens is 262 g/mol. The molecule has 2 nitrogen and oxygen atoms in total. The van der Waals surface area contributed by atoms with Crippen LogP contribution in [0.15, 0.2) is 15.9 Å². The highest BCUT2D eigenvalue weighted by atomic mass is 79.9. The van der Waals surface area contributed by atoms with Gasteiger partial charge in [-0.05, 0) is 35.5 Å². The van der Waals surface area contributed by atoms with Crippen molar-refractivity contribution >= 4 is 27.3 Å². The first-order valence-electron chi connectivity index (χ1n) is 4.71. The van der Waals surface area contributed by atoms with Gasteiger partial charge in [-0.15, -0.1) is 11.3 Å². The minimum absolute atomic E-state index is 0.205. The van der Waals surface area contributed by atoms with Crippen LogP contribution >= 0.6 is 27.3 Å². The summed E-state index contributed by atoms with van der Waals surface area (Å²) in [7, 11) is 2.03. The molecule has 0 radical (unpaired) electrons. The standard InChI is InChI=1S/C10H16BrNOS/c1-3-9(13)5-12(2)6-10-4-8(11)7-14-10/h4,7,9,13H,3,5-6H2,1-2H3/t9-/m1/s1. The predicted molar refractivity (Wildman–Crippen MR) is 64.7 cm³/mol. The summed E-state index contributed by atoms with van der Waals surface area (Å²) in [6.07, 6.45) is 0.613. The zero-order valence-electron chi connectivity index (χ0n) is 8.53. The number of hydrogen-bond acceptors (Lipinski definition) is 3. The molecule has 80 valence electrons. The first-order chi connectivity index (χ1) is 6.61. The minimum atomic E-state index is -0.205. The minimum Gasteiger partial charge on any atom is -0.392 e. The molecule has 1 atom stereocenters. The number of thiophene rings is 1. The third-order valence-electron chi connectivity index (χ3n) is 2.04. The van der Waals surface area contributed by atoms with E-state index in [0.29, 0.717) is 0 Å². The molecule has 0 aliphatic heterocycles. The number of aliphatic hydroxyl groups is 1. The van der Waals surface area contributed by atoms with E-state index in [0.717, 1.165) is 24.0 Å². The first-order valence-corrected chi connectivity index (χ1v) is 6.38. The van der Waals surface area contributed by atoms with Gasteiger partial charge in [-0.25, -0.2) is 0 Å². The molecule has 0 spiro atoms. The number of rotatable bonds is 5. The highest BCUT2D eigenvalue weighted by Crippen LogP contribution is 2.20. The van der Waals surface area contributed by atoms with Crippen molar-refractivity contribution in [3.63, 3.8) is 0 Å². The Hall–Kier alpha value is 0.1000. The lowest BCUT2D eigenvalue weighted by Crippen LogP contribution is -2.27. The number of likely N-dealkylation sites (N-methyl/N-ethyl adjacent to an activating group) is 1. The molecule has 1 heterocycles. The second kappa shape index (κ2) is 5.85. The van der Waals surface area contributed by atoms with E-state index in [-0.39, 0.29) is 6.10 Å². The molecule has 0 fully saturated rings. The van der Waals surface area contributed by atoms with Crippen LogP contribution < -0.4 is 0 Å². The SMILES string of the molecule is CC[C@@H](O)CN(C)Cc1cc(Br)cs1. The molecule has 0 aliphatic rings. The van der Waals surface area contributed by atoms with Crippen LogP contribution in [0.1, 0.15) is 18.2 Å². The van der Waals surface area contributed by atoms with Gasteiger partial charge in [0.05, 0.1) is 6.10 Å². The average molecular weight is 278 g/mol. The summed E-state index contributed by atoms with van der Waals surface area (Å²) in [6, 6.07) is 2.12. The Morgan fingerprint density at radius 2 is 2.36 bits per heavy atom. The zero-order valence-corrected chi connectivity index (χ0v) is 10.9. The van der Waals surface area contributed by atoms with Gasteiger partial charge >= 0.3 is 0 Å². The number of aliphatic hydroxyl groups excluding tert-OH is 1. The Morgan fingerprint density at radius 1 is 1.64 bits per heavy atom. The fourth-order valence-electron chi connectivity index (χ4n) is 1.26. The molecule has 0 aromatic carbocycles. The third kappa shape index (κ3) is 4.09. The zero-order chi connectivity index (χ0) is 10.6. The summed E-state index contributed by atoms with van der Waals surface area (Å²) in [5, 5.41) is 11.5. The Balaban J connectivity index is 2.37. The van der Waals surface area contributed by atoms with E-state index in [1.54, 1.807) is 11.3 Å². The monoisotopic (exact) mass is 277 g/mol. The predicted octanol–water partition coefficient (Wildman–Crippen LogP) is 2.71. The molecule has 0 saturated heterocycles. The summed E-state index contributed by atoms with van der Waals surface area (Å²) in [5.41, 5.74) is 0. The van der Waals surface area contributed by atoms with Gasteiger partial charge in [0.15, 0.2) is 0 Å². The highest BCUT2D eigenvalue weighted by molar-refractivity contribution is 9.10. The van der Waals surface area contributed by atoms with Crippen LogP contribution in [0.4, 0.5) is 0 Å². The van der Waals surface area contributed by atoms with Crippen molar-refractivity contribution in [2.45, 2.75) is 26.0 Å². The fraction of sp³-hybridized carbons (Fsp3) is 0.600. The van der Waals surface area contributed by atoms with E-state index in [1.807, 2.05) is 14.0 Å². The summed E-state index contributed by atoms with van der Waals surface area (Å²) in [6.45, 7) is 3.65. The van der Waals surface area contributed by atoms with Crippen LogP contribution in [0.5, 0.6) is 0 Å². The molecule has 1 aromatic heterocycles. The average Bonchev–Trinajstić information content (AvgIpc) is 2.50. The summed E-state index contributed by atoms with van der Waals surface area (Å²) in [4.78, 5) is 3.47. The topological polar surface area (TPSA) is 23.5 Å². The van der Waals surface area contributed by atoms with Gasteiger partial charge in [0.25, 0.3) is 0 Å². The first kappa shape index (κ1) is 12.2. The van der Waals surface area contributed by atoms with Crippen LogP contribution in [0.25, 0.3) is 0 Å². The second-order valence-electron chi connectivity index (χ2n) is 3.49. The van der Waals surface area contributed by atoms with Crippen molar-refractivity contribution in [1.29, 1.82) is 0 Å². The summed E-state index contributed by atoms with van der Waals surface area (Å²) >= 11 is 5.17. The van der Waals surface area contributed by atoms with Gasteiger partial charge in [0, 0.05) is 27.8 Å². The Labute approximate surface area is 97.7 Å². The van der Waals surface area contributed by atoms with Crippen molar-refractivity contribution in [1.82, 2.24) is 4.90 Å². The van der Waals surface area contributed by atoms with Gasteiger partial charge < -0.3 is 5.11 Å². The summed E-state index contributed by atoms with van der Waals surface area (Å²) < 4.78 is 1.14. The van der Waals surface area contributed by atoms with Gasteiger partial charge in [0.2, 0.25) is 0 Å². The lowest BCUT2D eigenvalue weighted by Gasteiger charge is -2.18. The molecule has 0 amide bonds. The van der Waals surface area contributed by atoms with Crippen LogP contribution in [0.3, 0.4) is 0 Å². The Morgan fingerprint density at radius 3 is 2.86 bits per heavy atom. The quantitative estimate of drug-likeness (QED) is 0.895. The number of halogens is 1. The maximum atomic E-state index is 9.46. The van der Waals surface area contributed by atoms with Crippen molar-refractivity contribution < 1.29 is 5.11 Å². The van der Waals surface area contributed by atoms with E-state index >= 15 is 0 Å². The maximum absolute atomic E-state index is 9.46. The molecular formula is C10H16BrNOS. The normalized spacial score (nSPS) is 13.5. The van der Waals surface area contributed by atoms with Gasteiger partial charge in [-0.2, -0.15) is 0 Å². The molecule has 0 unspecified atom stereocenters. The van der Waals surface area contributed by atoms with Crippen LogP contribution in [-0.2, 0) is 6.54 Å². The van der Waals surface area contributed by atoms with E-state index in [9.17, 15) is 5.11 Å². The summed E-state index contributed by atoms with van der Waals surface area (Å²) in [5.74, 6) is 0.